The van der Waals surface area contributed by atoms with Gasteiger partial charge in [0.15, 0.2) is 11.5 Å². The van der Waals surface area contributed by atoms with E-state index in [0.29, 0.717) is 36.6 Å². The van der Waals surface area contributed by atoms with Crippen LogP contribution in [0.2, 0.25) is 5.02 Å². The number of aryl methyl sites for hydroxylation is 1. The highest BCUT2D eigenvalue weighted by atomic mass is 35.5. The lowest BCUT2D eigenvalue weighted by molar-refractivity contribution is -0.141. The number of fused-ring (bicyclic) bond motifs is 1. The second-order valence-electron chi connectivity index (χ2n) is 8.08. The van der Waals surface area contributed by atoms with Gasteiger partial charge in [0.2, 0.25) is 18.6 Å². The van der Waals surface area contributed by atoms with E-state index in [1.807, 2.05) is 51.1 Å². The Morgan fingerprint density at radius 2 is 1.72 bits per heavy atom. The molecule has 0 aromatic heterocycles. The molecule has 1 heterocycles. The molecule has 0 aliphatic carbocycles. The molecule has 172 valence electrons. The summed E-state index contributed by atoms with van der Waals surface area (Å²) < 4.78 is 10.8. The Labute approximate surface area is 194 Å². The first kappa shape index (κ1) is 23.9. The van der Waals surface area contributed by atoms with Gasteiger partial charge in [0.1, 0.15) is 6.04 Å². The van der Waals surface area contributed by atoms with Gasteiger partial charge in [-0.3, -0.25) is 9.59 Å². The van der Waals surface area contributed by atoms with E-state index in [0.717, 1.165) is 23.3 Å². The molecule has 0 bridgehead atoms. The average molecular weight is 459 g/mol. The number of nitrogens with one attached hydrogen (secondary N) is 1. The number of ether oxygens (including phenoxy) is 2. The summed E-state index contributed by atoms with van der Waals surface area (Å²) in [6.07, 6.45) is 2.21. The third-order valence-electron chi connectivity index (χ3n) is 5.72. The molecular weight excluding hydrogens is 428 g/mol. The molecule has 0 radical (unpaired) electrons. The first-order valence-electron chi connectivity index (χ1n) is 11.1. The maximum absolute atomic E-state index is 13.3. The van der Waals surface area contributed by atoms with Crippen LogP contribution in [0.25, 0.3) is 0 Å². The van der Waals surface area contributed by atoms with Crippen molar-refractivity contribution in [2.45, 2.75) is 65.1 Å². The molecule has 1 N–H and O–H groups in total. The summed E-state index contributed by atoms with van der Waals surface area (Å²) in [6.45, 7) is 6.49. The number of rotatable bonds is 10. The number of hydrogen-bond acceptors (Lipinski definition) is 4. The predicted octanol–water partition coefficient (Wildman–Crippen LogP) is 4.72. The monoisotopic (exact) mass is 458 g/mol. The van der Waals surface area contributed by atoms with Crippen molar-refractivity contribution in [1.29, 1.82) is 0 Å². The Hall–Kier alpha value is -2.73. The molecule has 2 amide bonds. The smallest absolute Gasteiger partial charge is 0.243 e. The molecule has 7 heteroatoms. The van der Waals surface area contributed by atoms with Gasteiger partial charge in [-0.1, -0.05) is 43.6 Å². The van der Waals surface area contributed by atoms with E-state index in [1.54, 1.807) is 17.0 Å². The van der Waals surface area contributed by atoms with Gasteiger partial charge < -0.3 is 19.7 Å². The van der Waals surface area contributed by atoms with Crippen LogP contribution in [0, 0.1) is 0 Å². The Morgan fingerprint density at radius 1 is 1.03 bits per heavy atom. The minimum absolute atomic E-state index is 0.0534. The van der Waals surface area contributed by atoms with Gasteiger partial charge in [-0.2, -0.15) is 0 Å². The highest BCUT2D eigenvalue weighted by Gasteiger charge is 2.29. The number of amides is 2. The van der Waals surface area contributed by atoms with E-state index in [1.165, 1.54) is 0 Å². The lowest BCUT2D eigenvalue weighted by Crippen LogP contribution is -2.50. The first-order chi connectivity index (χ1) is 15.4. The van der Waals surface area contributed by atoms with E-state index in [-0.39, 0.29) is 24.6 Å². The summed E-state index contributed by atoms with van der Waals surface area (Å²) in [5, 5.41) is 3.66. The fourth-order valence-electron chi connectivity index (χ4n) is 3.64. The maximum Gasteiger partial charge on any atom is 0.243 e. The molecule has 32 heavy (non-hydrogen) atoms. The zero-order valence-corrected chi connectivity index (χ0v) is 19.7. The molecule has 2 aromatic rings. The SMILES string of the molecule is CCC(C)NC(=O)C(CC)N(Cc1ccc(Cl)cc1)C(=O)CCc1ccc2c(c1)OCO2. The Kier molecular flexibility index (Phi) is 8.39. The van der Waals surface area contributed by atoms with Crippen molar-refractivity contribution >= 4 is 23.4 Å². The highest BCUT2D eigenvalue weighted by Crippen LogP contribution is 2.32. The quantitative estimate of drug-likeness (QED) is 0.559. The Morgan fingerprint density at radius 3 is 2.41 bits per heavy atom. The van der Waals surface area contributed by atoms with Crippen molar-refractivity contribution in [3.05, 3.63) is 58.6 Å². The van der Waals surface area contributed by atoms with Gasteiger partial charge in [0.25, 0.3) is 0 Å². The van der Waals surface area contributed by atoms with Gasteiger partial charge in [0.05, 0.1) is 0 Å². The summed E-state index contributed by atoms with van der Waals surface area (Å²) in [5.74, 6) is 1.24. The number of halogens is 1. The Balaban J connectivity index is 1.75. The second-order valence-corrected chi connectivity index (χ2v) is 8.51. The maximum atomic E-state index is 13.3. The fourth-order valence-corrected chi connectivity index (χ4v) is 3.76. The summed E-state index contributed by atoms with van der Waals surface area (Å²) in [4.78, 5) is 28.0. The predicted molar refractivity (Wildman–Crippen MR) is 125 cm³/mol. The van der Waals surface area contributed by atoms with Gasteiger partial charge in [-0.05, 0) is 61.6 Å². The van der Waals surface area contributed by atoms with Crippen LogP contribution in [-0.4, -0.2) is 35.6 Å². The topological polar surface area (TPSA) is 67.9 Å². The summed E-state index contributed by atoms with van der Waals surface area (Å²) in [5.41, 5.74) is 1.92. The molecule has 6 nitrogen and oxygen atoms in total. The van der Waals surface area contributed by atoms with E-state index in [4.69, 9.17) is 21.1 Å². The summed E-state index contributed by atoms with van der Waals surface area (Å²) in [6, 6.07) is 12.6. The third-order valence-corrected chi connectivity index (χ3v) is 5.97. The van der Waals surface area contributed by atoms with Crippen molar-refractivity contribution in [1.82, 2.24) is 10.2 Å². The molecule has 1 aliphatic heterocycles. The highest BCUT2D eigenvalue weighted by molar-refractivity contribution is 6.30. The Bertz CT molecular complexity index is 932. The number of nitrogens with zero attached hydrogens (tertiary/aromatic N) is 1. The molecule has 0 fully saturated rings. The first-order valence-corrected chi connectivity index (χ1v) is 11.5. The molecule has 2 unspecified atom stereocenters. The van der Waals surface area contributed by atoms with Gasteiger partial charge in [-0.25, -0.2) is 0 Å². The largest absolute Gasteiger partial charge is 0.454 e. The lowest BCUT2D eigenvalue weighted by atomic mass is 10.1. The van der Waals surface area contributed by atoms with Crippen molar-refractivity contribution in [3.63, 3.8) is 0 Å². The van der Waals surface area contributed by atoms with Gasteiger partial charge >= 0.3 is 0 Å². The molecule has 3 rings (SSSR count). The van der Waals surface area contributed by atoms with E-state index < -0.39 is 6.04 Å². The molecule has 0 spiro atoms. The van der Waals surface area contributed by atoms with Crippen LogP contribution in [0.3, 0.4) is 0 Å². The minimum Gasteiger partial charge on any atom is -0.454 e. The summed E-state index contributed by atoms with van der Waals surface area (Å²) in [7, 11) is 0. The number of hydrogen-bond donors (Lipinski definition) is 1. The lowest BCUT2D eigenvalue weighted by Gasteiger charge is -2.31. The average Bonchev–Trinajstić information content (AvgIpc) is 3.26. The van der Waals surface area contributed by atoms with Crippen molar-refractivity contribution in [2.75, 3.05) is 6.79 Å². The molecule has 0 saturated carbocycles. The molecule has 2 aromatic carbocycles. The van der Waals surface area contributed by atoms with E-state index in [2.05, 4.69) is 5.32 Å². The number of benzene rings is 2. The van der Waals surface area contributed by atoms with Crippen LogP contribution in [0.1, 0.15) is 51.2 Å². The molecule has 2 atom stereocenters. The zero-order valence-electron chi connectivity index (χ0n) is 18.9. The van der Waals surface area contributed by atoms with Crippen LogP contribution in [-0.2, 0) is 22.6 Å². The van der Waals surface area contributed by atoms with Crippen LogP contribution in [0.4, 0.5) is 0 Å². The van der Waals surface area contributed by atoms with E-state index in [9.17, 15) is 9.59 Å². The van der Waals surface area contributed by atoms with Crippen LogP contribution >= 0.6 is 11.6 Å². The molecule has 1 aliphatic rings. The summed E-state index contributed by atoms with van der Waals surface area (Å²) >= 11 is 6.02. The van der Waals surface area contributed by atoms with Crippen molar-refractivity contribution in [3.8, 4) is 11.5 Å². The zero-order chi connectivity index (χ0) is 23.1. The van der Waals surface area contributed by atoms with Crippen molar-refractivity contribution < 1.29 is 19.1 Å². The van der Waals surface area contributed by atoms with Crippen LogP contribution < -0.4 is 14.8 Å². The van der Waals surface area contributed by atoms with Crippen molar-refractivity contribution in [2.24, 2.45) is 0 Å². The fraction of sp³-hybridized carbons (Fsp3) is 0.440. The third kappa shape index (κ3) is 6.16. The number of carbonyl (C=O) groups is 2. The standard InChI is InChI=1S/C25H31ClN2O4/c1-4-17(3)27-25(30)21(5-2)28(15-19-6-10-20(26)11-7-19)24(29)13-9-18-8-12-22-23(14-18)32-16-31-22/h6-8,10-12,14,17,21H,4-5,9,13,15-16H2,1-3H3,(H,27,30). The second kappa shape index (κ2) is 11.2. The van der Waals surface area contributed by atoms with Crippen LogP contribution in [0.5, 0.6) is 11.5 Å². The normalized spacial score (nSPS) is 14.0. The molecular formula is C25H31ClN2O4. The van der Waals surface area contributed by atoms with Crippen LogP contribution in [0.15, 0.2) is 42.5 Å². The number of carbonyl (C=O) groups excluding carboxylic acids is 2. The van der Waals surface area contributed by atoms with E-state index >= 15 is 0 Å². The van der Waals surface area contributed by atoms with Gasteiger partial charge in [-0.15, -0.1) is 0 Å². The minimum atomic E-state index is -0.538. The molecule has 0 saturated heterocycles. The van der Waals surface area contributed by atoms with Gasteiger partial charge in [0, 0.05) is 24.0 Å².